The van der Waals surface area contributed by atoms with E-state index in [2.05, 4.69) is 18.3 Å². The summed E-state index contributed by atoms with van der Waals surface area (Å²) in [6.07, 6.45) is 8.89. The van der Waals surface area contributed by atoms with Gasteiger partial charge in [-0.15, -0.1) is 0 Å². The first kappa shape index (κ1) is 11.0. The van der Waals surface area contributed by atoms with Gasteiger partial charge in [0.2, 0.25) is 0 Å². The van der Waals surface area contributed by atoms with Crippen LogP contribution in [0.15, 0.2) is 12.3 Å². The summed E-state index contributed by atoms with van der Waals surface area (Å²) in [7, 11) is 0. The Bertz CT molecular complexity index is 222. The maximum atomic E-state index is 5.53. The van der Waals surface area contributed by atoms with E-state index < -0.39 is 0 Å². The monoisotopic (exact) mass is 211 g/mol. The lowest BCUT2D eigenvalue weighted by Gasteiger charge is -2.36. The van der Waals surface area contributed by atoms with Gasteiger partial charge in [-0.2, -0.15) is 0 Å². The Labute approximate surface area is 91.8 Å². The van der Waals surface area contributed by atoms with Gasteiger partial charge in [0.1, 0.15) is 6.10 Å². The van der Waals surface area contributed by atoms with Crippen LogP contribution in [0.1, 0.15) is 32.6 Å². The van der Waals surface area contributed by atoms with Crippen LogP contribution in [0.3, 0.4) is 0 Å². The molecule has 1 N–H and O–H groups in total. The van der Waals surface area contributed by atoms with E-state index in [0.29, 0.717) is 6.10 Å². The standard InChI is InChI=1S/C12H21NO2/c1-12(6-4-7-14-10-12)13-9-11-5-2-3-8-15-11/h3,8,11,13H,2,4-7,9-10H2,1H3. The third kappa shape index (κ3) is 3.21. The van der Waals surface area contributed by atoms with Crippen LogP contribution < -0.4 is 5.32 Å². The van der Waals surface area contributed by atoms with Crippen LogP contribution in [0.2, 0.25) is 0 Å². The second kappa shape index (κ2) is 4.99. The summed E-state index contributed by atoms with van der Waals surface area (Å²) in [6.45, 7) is 4.92. The predicted molar refractivity (Wildman–Crippen MR) is 59.7 cm³/mol. The highest BCUT2D eigenvalue weighted by Gasteiger charge is 2.28. The summed E-state index contributed by atoms with van der Waals surface area (Å²) >= 11 is 0. The van der Waals surface area contributed by atoms with Crippen molar-refractivity contribution in [3.8, 4) is 0 Å². The molecule has 2 heterocycles. The Kier molecular flexibility index (Phi) is 3.65. The van der Waals surface area contributed by atoms with Gasteiger partial charge in [0.15, 0.2) is 0 Å². The highest BCUT2D eigenvalue weighted by atomic mass is 16.5. The number of rotatable bonds is 3. The van der Waals surface area contributed by atoms with E-state index in [9.17, 15) is 0 Å². The minimum absolute atomic E-state index is 0.156. The van der Waals surface area contributed by atoms with E-state index in [1.165, 1.54) is 6.42 Å². The first-order valence-electron chi connectivity index (χ1n) is 5.92. The molecule has 0 saturated carbocycles. The van der Waals surface area contributed by atoms with E-state index in [1.807, 2.05) is 6.26 Å². The summed E-state index contributed by atoms with van der Waals surface area (Å²) in [5.41, 5.74) is 0.156. The van der Waals surface area contributed by atoms with Gasteiger partial charge >= 0.3 is 0 Å². The van der Waals surface area contributed by atoms with Gasteiger partial charge in [0.05, 0.1) is 12.9 Å². The fraction of sp³-hybridized carbons (Fsp3) is 0.833. The van der Waals surface area contributed by atoms with Crippen molar-refractivity contribution >= 4 is 0 Å². The molecule has 2 aliphatic heterocycles. The topological polar surface area (TPSA) is 30.5 Å². The van der Waals surface area contributed by atoms with Crippen molar-refractivity contribution in [2.75, 3.05) is 19.8 Å². The second-order valence-electron chi connectivity index (χ2n) is 4.80. The largest absolute Gasteiger partial charge is 0.497 e. The van der Waals surface area contributed by atoms with Crippen molar-refractivity contribution in [2.45, 2.75) is 44.2 Å². The number of allylic oxidation sites excluding steroid dienone is 1. The molecular weight excluding hydrogens is 190 g/mol. The normalized spacial score (nSPS) is 36.2. The van der Waals surface area contributed by atoms with Crippen LogP contribution >= 0.6 is 0 Å². The molecule has 0 aromatic heterocycles. The quantitative estimate of drug-likeness (QED) is 0.772. The molecule has 0 aromatic carbocycles. The van der Waals surface area contributed by atoms with Crippen LogP contribution in [0.4, 0.5) is 0 Å². The Balaban J connectivity index is 1.73. The molecule has 2 unspecified atom stereocenters. The lowest BCUT2D eigenvalue weighted by Crippen LogP contribution is -2.51. The Morgan fingerprint density at radius 3 is 3.13 bits per heavy atom. The highest BCUT2D eigenvalue weighted by molar-refractivity contribution is 4.89. The van der Waals surface area contributed by atoms with Crippen LogP contribution in [-0.4, -0.2) is 31.4 Å². The molecule has 3 heteroatoms. The first-order valence-corrected chi connectivity index (χ1v) is 5.92. The summed E-state index contributed by atoms with van der Waals surface area (Å²) < 4.78 is 11.0. The SMILES string of the molecule is CC1(NCC2CCC=CO2)CCCOC1. The number of ether oxygens (including phenoxy) is 2. The van der Waals surface area contributed by atoms with Crippen molar-refractivity contribution in [1.82, 2.24) is 5.32 Å². The van der Waals surface area contributed by atoms with Crippen molar-refractivity contribution < 1.29 is 9.47 Å². The molecule has 0 aliphatic carbocycles. The maximum absolute atomic E-state index is 5.53. The number of nitrogens with one attached hydrogen (secondary N) is 1. The molecule has 0 spiro atoms. The predicted octanol–water partition coefficient (Wildman–Crippen LogP) is 1.84. The molecule has 0 amide bonds. The van der Waals surface area contributed by atoms with Gasteiger partial charge in [-0.05, 0) is 38.7 Å². The van der Waals surface area contributed by atoms with Crippen molar-refractivity contribution in [2.24, 2.45) is 0 Å². The average molecular weight is 211 g/mol. The van der Waals surface area contributed by atoms with Crippen molar-refractivity contribution in [1.29, 1.82) is 0 Å². The molecule has 2 aliphatic rings. The molecule has 86 valence electrons. The van der Waals surface area contributed by atoms with E-state index in [0.717, 1.165) is 39.0 Å². The summed E-state index contributed by atoms with van der Waals surface area (Å²) in [5, 5.41) is 3.58. The van der Waals surface area contributed by atoms with Gasteiger partial charge in [-0.1, -0.05) is 0 Å². The molecule has 3 nitrogen and oxygen atoms in total. The smallest absolute Gasteiger partial charge is 0.110 e. The summed E-state index contributed by atoms with van der Waals surface area (Å²) in [5.74, 6) is 0. The van der Waals surface area contributed by atoms with Crippen LogP contribution in [-0.2, 0) is 9.47 Å². The third-order valence-electron chi connectivity index (χ3n) is 3.22. The summed E-state index contributed by atoms with van der Waals surface area (Å²) in [4.78, 5) is 0. The molecule has 15 heavy (non-hydrogen) atoms. The van der Waals surface area contributed by atoms with Gasteiger partial charge in [-0.3, -0.25) is 0 Å². The van der Waals surface area contributed by atoms with E-state index in [-0.39, 0.29) is 5.54 Å². The third-order valence-corrected chi connectivity index (χ3v) is 3.22. The van der Waals surface area contributed by atoms with Gasteiger partial charge < -0.3 is 14.8 Å². The van der Waals surface area contributed by atoms with Gasteiger partial charge in [0, 0.05) is 18.7 Å². The maximum Gasteiger partial charge on any atom is 0.110 e. The van der Waals surface area contributed by atoms with Crippen LogP contribution in [0, 0.1) is 0 Å². The zero-order chi connectivity index (χ0) is 10.6. The number of hydrogen-bond acceptors (Lipinski definition) is 3. The Hall–Kier alpha value is -0.540. The minimum Gasteiger partial charge on any atom is -0.497 e. The molecule has 2 rings (SSSR count). The average Bonchev–Trinajstić information content (AvgIpc) is 2.29. The molecule has 0 aromatic rings. The highest BCUT2D eigenvalue weighted by Crippen LogP contribution is 2.19. The molecule has 2 atom stereocenters. The lowest BCUT2D eigenvalue weighted by atomic mass is 9.94. The first-order chi connectivity index (χ1) is 7.29. The van der Waals surface area contributed by atoms with Gasteiger partial charge in [-0.25, -0.2) is 0 Å². The zero-order valence-electron chi connectivity index (χ0n) is 9.50. The second-order valence-corrected chi connectivity index (χ2v) is 4.80. The van der Waals surface area contributed by atoms with Gasteiger partial charge in [0.25, 0.3) is 0 Å². The molecular formula is C12H21NO2. The van der Waals surface area contributed by atoms with Crippen LogP contribution in [0.25, 0.3) is 0 Å². The van der Waals surface area contributed by atoms with Crippen molar-refractivity contribution in [3.05, 3.63) is 12.3 Å². The molecule has 0 bridgehead atoms. The van der Waals surface area contributed by atoms with E-state index in [1.54, 1.807) is 0 Å². The number of hydrogen-bond donors (Lipinski definition) is 1. The zero-order valence-corrected chi connectivity index (χ0v) is 9.50. The summed E-state index contributed by atoms with van der Waals surface area (Å²) in [6, 6.07) is 0. The Morgan fingerprint density at radius 1 is 1.53 bits per heavy atom. The van der Waals surface area contributed by atoms with E-state index in [4.69, 9.17) is 9.47 Å². The van der Waals surface area contributed by atoms with Crippen LogP contribution in [0.5, 0.6) is 0 Å². The minimum atomic E-state index is 0.156. The fourth-order valence-corrected chi connectivity index (χ4v) is 2.17. The molecule has 1 fully saturated rings. The molecule has 0 radical (unpaired) electrons. The Morgan fingerprint density at radius 2 is 2.47 bits per heavy atom. The van der Waals surface area contributed by atoms with Crippen molar-refractivity contribution in [3.63, 3.8) is 0 Å². The lowest BCUT2D eigenvalue weighted by molar-refractivity contribution is 0.0195. The fourth-order valence-electron chi connectivity index (χ4n) is 2.17. The molecule has 1 saturated heterocycles. The van der Waals surface area contributed by atoms with E-state index >= 15 is 0 Å².